The van der Waals surface area contributed by atoms with E-state index in [0.717, 1.165) is 11.9 Å². The number of hydrogen-bond acceptors (Lipinski definition) is 2. The van der Waals surface area contributed by atoms with Crippen LogP contribution in [0.5, 0.6) is 0 Å². The lowest BCUT2D eigenvalue weighted by atomic mass is 11.5. The summed E-state index contributed by atoms with van der Waals surface area (Å²) in [7, 11) is 0. The van der Waals surface area contributed by atoms with E-state index in [-0.39, 0.29) is 0 Å². The van der Waals surface area contributed by atoms with E-state index in [4.69, 9.17) is 23.2 Å². The molecule has 0 atom stereocenters. The van der Waals surface area contributed by atoms with E-state index >= 15 is 0 Å². The largest absolute Gasteiger partial charge is 0.233 e. The Kier molecular flexibility index (Phi) is 5.55. The highest BCUT2D eigenvalue weighted by Crippen LogP contribution is 2.14. The van der Waals surface area contributed by atoms with Crippen molar-refractivity contribution in [1.29, 1.82) is 0 Å². The van der Waals surface area contributed by atoms with E-state index < -0.39 is 11.0 Å². The molecule has 0 aliphatic rings. The standard InChI is InChI=1S/C2H4Cl2FNS/c3-2(4)7-6-1-5/h2,6H,1H2. The first-order chi connectivity index (χ1) is 3.27. The Hall–Kier alpha value is 0.820. The van der Waals surface area contributed by atoms with Gasteiger partial charge in [-0.25, -0.2) is 9.11 Å². The summed E-state index contributed by atoms with van der Waals surface area (Å²) in [5.41, 5.74) is 0. The molecule has 0 amide bonds. The molecule has 0 aliphatic heterocycles. The molecule has 0 bridgehead atoms. The third-order valence-electron chi connectivity index (χ3n) is 0.227. The SMILES string of the molecule is FCNSC(Cl)Cl. The van der Waals surface area contributed by atoms with Crippen LogP contribution in [0.2, 0.25) is 0 Å². The Labute approximate surface area is 55.7 Å². The first kappa shape index (κ1) is 7.82. The zero-order valence-corrected chi connectivity index (χ0v) is 5.65. The summed E-state index contributed by atoms with van der Waals surface area (Å²) in [6, 6.07) is 0. The highest BCUT2D eigenvalue weighted by Gasteiger charge is 1.94. The molecular formula is C2H4Cl2FNS. The van der Waals surface area contributed by atoms with Gasteiger partial charge in [0.2, 0.25) is 0 Å². The fraction of sp³-hybridized carbons (Fsp3) is 1.00. The summed E-state index contributed by atoms with van der Waals surface area (Å²) < 4.78 is 12.8. The smallest absolute Gasteiger partial charge is 0.166 e. The molecule has 0 heterocycles. The summed E-state index contributed by atoms with van der Waals surface area (Å²) in [6.45, 7) is -0.611. The first-order valence-corrected chi connectivity index (χ1v) is 3.25. The topological polar surface area (TPSA) is 12.0 Å². The van der Waals surface area contributed by atoms with Crippen LogP contribution < -0.4 is 4.72 Å². The zero-order valence-electron chi connectivity index (χ0n) is 3.33. The van der Waals surface area contributed by atoms with Gasteiger partial charge in [0.05, 0.1) is 0 Å². The first-order valence-electron chi connectivity index (χ1n) is 1.50. The average Bonchev–Trinajstić information content (AvgIpc) is 1.61. The van der Waals surface area contributed by atoms with Crippen LogP contribution in [0.1, 0.15) is 0 Å². The lowest BCUT2D eigenvalue weighted by Gasteiger charge is -1.95. The molecule has 0 aromatic rings. The van der Waals surface area contributed by atoms with Gasteiger partial charge < -0.3 is 0 Å². The van der Waals surface area contributed by atoms with Crippen LogP contribution in [0, 0.1) is 0 Å². The fourth-order valence-electron chi connectivity index (χ4n) is 0.0945. The van der Waals surface area contributed by atoms with Gasteiger partial charge in [-0.05, 0) is 11.9 Å². The second-order valence-corrected chi connectivity index (χ2v) is 3.27. The van der Waals surface area contributed by atoms with Crippen LogP contribution in [0.15, 0.2) is 0 Å². The number of halogens is 3. The maximum absolute atomic E-state index is 11.1. The molecule has 7 heavy (non-hydrogen) atoms. The molecule has 0 rings (SSSR count). The Bertz CT molecular complexity index is 44.7. The van der Waals surface area contributed by atoms with Gasteiger partial charge in [-0.1, -0.05) is 23.2 Å². The molecule has 44 valence electrons. The third kappa shape index (κ3) is 6.82. The van der Waals surface area contributed by atoms with E-state index in [1.54, 1.807) is 0 Å². The van der Waals surface area contributed by atoms with Crippen molar-refractivity contribution in [2.45, 2.75) is 4.17 Å². The van der Waals surface area contributed by atoms with E-state index in [0.29, 0.717) is 0 Å². The predicted molar refractivity (Wildman–Crippen MR) is 32.2 cm³/mol. The van der Waals surface area contributed by atoms with E-state index in [1.807, 2.05) is 0 Å². The lowest BCUT2D eigenvalue weighted by molar-refractivity contribution is 0.488. The van der Waals surface area contributed by atoms with Crippen molar-refractivity contribution in [2.24, 2.45) is 0 Å². The van der Waals surface area contributed by atoms with Gasteiger partial charge in [0.25, 0.3) is 0 Å². The monoisotopic (exact) mass is 163 g/mol. The minimum Gasteiger partial charge on any atom is -0.233 e. The van der Waals surface area contributed by atoms with Crippen LogP contribution in [-0.4, -0.2) is 11.0 Å². The molecule has 5 heteroatoms. The average molecular weight is 164 g/mol. The van der Waals surface area contributed by atoms with E-state index in [2.05, 4.69) is 4.72 Å². The van der Waals surface area contributed by atoms with Gasteiger partial charge in [-0.3, -0.25) is 0 Å². The quantitative estimate of drug-likeness (QED) is 0.388. The molecule has 0 unspecified atom stereocenters. The molecule has 0 fully saturated rings. The molecule has 0 aliphatic carbocycles. The van der Waals surface area contributed by atoms with Crippen molar-refractivity contribution in [3.63, 3.8) is 0 Å². The molecule has 0 radical (unpaired) electrons. The van der Waals surface area contributed by atoms with Crippen molar-refractivity contribution >= 4 is 35.1 Å². The minimum atomic E-state index is -0.611. The molecule has 0 aromatic heterocycles. The van der Waals surface area contributed by atoms with E-state index in [1.165, 1.54) is 0 Å². The number of rotatable bonds is 3. The Balaban J connectivity index is 2.68. The summed E-state index contributed by atoms with van der Waals surface area (Å²) >= 11 is 11.2. The Morgan fingerprint density at radius 1 is 1.71 bits per heavy atom. The van der Waals surface area contributed by atoms with Crippen LogP contribution >= 0.6 is 35.1 Å². The van der Waals surface area contributed by atoms with Crippen LogP contribution in [-0.2, 0) is 0 Å². The highest BCUT2D eigenvalue weighted by atomic mass is 35.5. The van der Waals surface area contributed by atoms with E-state index in [9.17, 15) is 4.39 Å². The maximum atomic E-state index is 11.1. The molecule has 1 N–H and O–H groups in total. The second-order valence-electron chi connectivity index (χ2n) is 0.656. The van der Waals surface area contributed by atoms with Crippen molar-refractivity contribution in [3.8, 4) is 0 Å². The van der Waals surface area contributed by atoms with Crippen molar-refractivity contribution < 1.29 is 4.39 Å². The zero-order chi connectivity index (χ0) is 5.70. The predicted octanol–water partition coefficient (Wildman–Crippen LogP) is 1.91. The minimum absolute atomic E-state index is 0.587. The van der Waals surface area contributed by atoms with Gasteiger partial charge in [0.1, 0.15) is 6.80 Å². The molecule has 0 saturated heterocycles. The Morgan fingerprint density at radius 2 is 2.29 bits per heavy atom. The maximum Gasteiger partial charge on any atom is 0.166 e. The molecule has 0 spiro atoms. The van der Waals surface area contributed by atoms with Crippen molar-refractivity contribution in [2.75, 3.05) is 6.80 Å². The lowest BCUT2D eigenvalue weighted by Crippen LogP contribution is -2.01. The van der Waals surface area contributed by atoms with Gasteiger partial charge in [-0.15, -0.1) is 0 Å². The third-order valence-corrected chi connectivity index (χ3v) is 1.22. The molecule has 0 saturated carbocycles. The van der Waals surface area contributed by atoms with Crippen LogP contribution in [0.4, 0.5) is 4.39 Å². The van der Waals surface area contributed by atoms with Crippen LogP contribution in [0.25, 0.3) is 0 Å². The summed E-state index contributed by atoms with van der Waals surface area (Å²) in [5, 5.41) is 0. The second kappa shape index (κ2) is 4.97. The fourth-order valence-corrected chi connectivity index (χ4v) is 0.661. The number of nitrogens with one attached hydrogen (secondary N) is 1. The summed E-state index contributed by atoms with van der Waals surface area (Å²) in [5.74, 6) is 0. The van der Waals surface area contributed by atoms with Crippen molar-refractivity contribution in [3.05, 3.63) is 0 Å². The van der Waals surface area contributed by atoms with Crippen molar-refractivity contribution in [1.82, 2.24) is 4.72 Å². The van der Waals surface area contributed by atoms with Gasteiger partial charge in [-0.2, -0.15) is 0 Å². The summed E-state index contributed by atoms with van der Waals surface area (Å²) in [4.78, 5) is 0. The summed E-state index contributed by atoms with van der Waals surface area (Å²) in [6.07, 6.45) is 0. The van der Waals surface area contributed by atoms with Gasteiger partial charge in [0.15, 0.2) is 4.17 Å². The van der Waals surface area contributed by atoms with Gasteiger partial charge in [0, 0.05) is 0 Å². The normalized spacial score (nSPS) is 10.3. The van der Waals surface area contributed by atoms with Gasteiger partial charge >= 0.3 is 0 Å². The van der Waals surface area contributed by atoms with Crippen LogP contribution in [0.3, 0.4) is 0 Å². The number of alkyl halides is 3. The molecule has 1 nitrogen and oxygen atoms in total. The Morgan fingerprint density at radius 3 is 2.43 bits per heavy atom. The molecule has 0 aromatic carbocycles. The number of hydrogen-bond donors (Lipinski definition) is 1. The highest BCUT2D eigenvalue weighted by molar-refractivity contribution is 8.00. The molecular weight excluding hydrogens is 160 g/mol.